The first-order valence-corrected chi connectivity index (χ1v) is 7.15. The fraction of sp³-hybridized carbons (Fsp3) is 0.235. The predicted octanol–water partition coefficient (Wildman–Crippen LogP) is 3.89. The topological polar surface area (TPSA) is 38.1 Å². The molecule has 1 aromatic carbocycles. The lowest BCUT2D eigenvalue weighted by Crippen LogP contribution is -2.15. The van der Waals surface area contributed by atoms with E-state index in [2.05, 4.69) is 10.3 Å². The van der Waals surface area contributed by atoms with E-state index in [4.69, 9.17) is 4.42 Å². The van der Waals surface area contributed by atoms with Gasteiger partial charge in [-0.25, -0.2) is 4.39 Å². The molecule has 0 unspecified atom stereocenters. The molecule has 1 fully saturated rings. The van der Waals surface area contributed by atoms with Crippen molar-refractivity contribution in [3.8, 4) is 11.3 Å². The Morgan fingerprint density at radius 3 is 2.95 bits per heavy atom. The molecule has 0 spiro atoms. The number of rotatable bonds is 4. The van der Waals surface area contributed by atoms with Gasteiger partial charge < -0.3 is 9.73 Å². The van der Waals surface area contributed by atoms with Gasteiger partial charge in [0.1, 0.15) is 5.76 Å². The Balaban J connectivity index is 1.67. The third-order valence-corrected chi connectivity index (χ3v) is 3.75. The molecule has 0 atom stereocenters. The Kier molecular flexibility index (Phi) is 2.97. The van der Waals surface area contributed by atoms with Crippen molar-refractivity contribution in [3.63, 3.8) is 0 Å². The van der Waals surface area contributed by atoms with Gasteiger partial charge in [-0.2, -0.15) is 0 Å². The molecule has 21 heavy (non-hydrogen) atoms. The van der Waals surface area contributed by atoms with E-state index in [1.807, 2.05) is 24.4 Å². The highest BCUT2D eigenvalue weighted by Gasteiger charge is 2.20. The first-order chi connectivity index (χ1) is 10.3. The van der Waals surface area contributed by atoms with Crippen LogP contribution in [-0.2, 0) is 6.54 Å². The van der Waals surface area contributed by atoms with Crippen molar-refractivity contribution in [1.29, 1.82) is 0 Å². The van der Waals surface area contributed by atoms with Gasteiger partial charge >= 0.3 is 0 Å². The second kappa shape index (κ2) is 4.97. The highest BCUT2D eigenvalue weighted by atomic mass is 19.1. The Labute approximate surface area is 121 Å². The van der Waals surface area contributed by atoms with Crippen molar-refractivity contribution in [2.45, 2.75) is 25.4 Å². The summed E-state index contributed by atoms with van der Waals surface area (Å²) in [6.07, 6.45) is 6.12. The number of aromatic nitrogens is 1. The number of para-hydroxylation sites is 1. The zero-order valence-electron chi connectivity index (χ0n) is 11.5. The van der Waals surface area contributed by atoms with Gasteiger partial charge in [-0.3, -0.25) is 4.98 Å². The summed E-state index contributed by atoms with van der Waals surface area (Å²) in [4.78, 5) is 4.26. The number of fused-ring (bicyclic) bond motifs is 1. The van der Waals surface area contributed by atoms with Crippen LogP contribution in [0.15, 0.2) is 47.1 Å². The van der Waals surface area contributed by atoms with E-state index < -0.39 is 0 Å². The Morgan fingerprint density at radius 2 is 2.14 bits per heavy atom. The van der Waals surface area contributed by atoms with Gasteiger partial charge in [0, 0.05) is 35.9 Å². The van der Waals surface area contributed by atoms with Crippen LogP contribution in [0.25, 0.3) is 22.3 Å². The van der Waals surface area contributed by atoms with Gasteiger partial charge in [0.25, 0.3) is 0 Å². The molecule has 1 aliphatic carbocycles. The van der Waals surface area contributed by atoms with Crippen molar-refractivity contribution in [2.75, 3.05) is 0 Å². The molecule has 3 nitrogen and oxygen atoms in total. The van der Waals surface area contributed by atoms with Gasteiger partial charge in [0.15, 0.2) is 11.4 Å². The molecule has 0 radical (unpaired) electrons. The molecule has 0 aliphatic heterocycles. The van der Waals surface area contributed by atoms with Crippen molar-refractivity contribution in [2.24, 2.45) is 0 Å². The fourth-order valence-electron chi connectivity index (χ4n) is 2.44. The van der Waals surface area contributed by atoms with Crippen LogP contribution in [0.4, 0.5) is 4.39 Å². The number of pyridine rings is 1. The molecule has 1 N–H and O–H groups in total. The molecule has 1 saturated carbocycles. The van der Waals surface area contributed by atoms with Crippen molar-refractivity contribution < 1.29 is 8.81 Å². The molecule has 0 saturated heterocycles. The fourth-order valence-corrected chi connectivity index (χ4v) is 2.44. The molecule has 1 aliphatic rings. The second-order valence-corrected chi connectivity index (χ2v) is 5.51. The van der Waals surface area contributed by atoms with Gasteiger partial charge in [0.05, 0.1) is 0 Å². The minimum absolute atomic E-state index is 0.300. The number of benzene rings is 1. The summed E-state index contributed by atoms with van der Waals surface area (Å²) >= 11 is 0. The lowest BCUT2D eigenvalue weighted by atomic mass is 10.1. The van der Waals surface area contributed by atoms with E-state index in [1.165, 1.54) is 18.9 Å². The van der Waals surface area contributed by atoms with E-state index >= 15 is 0 Å². The maximum atomic E-state index is 13.7. The van der Waals surface area contributed by atoms with Crippen LogP contribution in [0.2, 0.25) is 0 Å². The SMILES string of the molecule is Fc1cccc2cc(-c3cncc(CNC4CC4)c3)oc12. The lowest BCUT2D eigenvalue weighted by Gasteiger charge is -2.04. The maximum absolute atomic E-state index is 13.7. The van der Waals surface area contributed by atoms with Gasteiger partial charge in [-0.05, 0) is 36.6 Å². The maximum Gasteiger partial charge on any atom is 0.170 e. The predicted molar refractivity (Wildman–Crippen MR) is 79.3 cm³/mol. The molecular weight excluding hydrogens is 267 g/mol. The number of hydrogen-bond acceptors (Lipinski definition) is 3. The summed E-state index contributed by atoms with van der Waals surface area (Å²) in [5, 5.41) is 4.23. The zero-order chi connectivity index (χ0) is 14.2. The number of furan rings is 1. The number of nitrogens with zero attached hydrogens (tertiary/aromatic N) is 1. The molecule has 4 rings (SSSR count). The Morgan fingerprint density at radius 1 is 1.24 bits per heavy atom. The first-order valence-electron chi connectivity index (χ1n) is 7.15. The normalized spacial score (nSPS) is 14.7. The molecule has 0 bridgehead atoms. The molecular formula is C17H15FN2O. The van der Waals surface area contributed by atoms with Crippen molar-refractivity contribution >= 4 is 11.0 Å². The third-order valence-electron chi connectivity index (χ3n) is 3.75. The minimum Gasteiger partial charge on any atom is -0.453 e. The standard InChI is InChI=1S/C17H15FN2O/c18-15-3-1-2-12-7-16(21-17(12)15)13-6-11(8-19-10-13)9-20-14-4-5-14/h1-3,6-8,10,14,20H,4-5,9H2. The van der Waals surface area contributed by atoms with E-state index in [0.29, 0.717) is 17.4 Å². The molecule has 3 aromatic rings. The van der Waals surface area contributed by atoms with Crippen LogP contribution in [-0.4, -0.2) is 11.0 Å². The highest BCUT2D eigenvalue weighted by molar-refractivity contribution is 5.83. The van der Waals surface area contributed by atoms with Crippen LogP contribution >= 0.6 is 0 Å². The first kappa shape index (κ1) is 12.5. The van der Waals surface area contributed by atoms with Crippen molar-refractivity contribution in [1.82, 2.24) is 10.3 Å². The quantitative estimate of drug-likeness (QED) is 0.789. The number of nitrogens with one attached hydrogen (secondary N) is 1. The van der Waals surface area contributed by atoms with Crippen LogP contribution in [0.1, 0.15) is 18.4 Å². The van der Waals surface area contributed by atoms with E-state index in [1.54, 1.807) is 12.3 Å². The zero-order valence-corrected chi connectivity index (χ0v) is 11.5. The summed E-state index contributed by atoms with van der Waals surface area (Å²) in [6, 6.07) is 9.49. The summed E-state index contributed by atoms with van der Waals surface area (Å²) in [7, 11) is 0. The van der Waals surface area contributed by atoms with Crippen LogP contribution in [0, 0.1) is 5.82 Å². The largest absolute Gasteiger partial charge is 0.453 e. The Bertz CT molecular complexity index is 792. The summed E-state index contributed by atoms with van der Waals surface area (Å²) in [5.74, 6) is 0.314. The monoisotopic (exact) mass is 282 g/mol. The lowest BCUT2D eigenvalue weighted by molar-refractivity contribution is 0.568. The number of halogens is 1. The van der Waals surface area contributed by atoms with Gasteiger partial charge in [-0.15, -0.1) is 0 Å². The summed E-state index contributed by atoms with van der Waals surface area (Å²) in [5.41, 5.74) is 2.29. The molecule has 106 valence electrons. The summed E-state index contributed by atoms with van der Waals surface area (Å²) < 4.78 is 19.3. The molecule has 2 aromatic heterocycles. The summed E-state index contributed by atoms with van der Waals surface area (Å²) in [6.45, 7) is 0.806. The van der Waals surface area contributed by atoms with Crippen LogP contribution < -0.4 is 5.32 Å². The molecule has 2 heterocycles. The average Bonchev–Trinajstić information content (AvgIpc) is 3.23. The number of hydrogen-bond donors (Lipinski definition) is 1. The average molecular weight is 282 g/mol. The second-order valence-electron chi connectivity index (χ2n) is 5.51. The van der Waals surface area contributed by atoms with Crippen molar-refractivity contribution in [3.05, 3.63) is 54.1 Å². The van der Waals surface area contributed by atoms with Gasteiger partial charge in [-0.1, -0.05) is 12.1 Å². The van der Waals surface area contributed by atoms with Crippen LogP contribution in [0.5, 0.6) is 0 Å². The van der Waals surface area contributed by atoms with E-state index in [0.717, 1.165) is 23.1 Å². The third kappa shape index (κ3) is 2.54. The van der Waals surface area contributed by atoms with E-state index in [9.17, 15) is 4.39 Å². The minimum atomic E-state index is -0.335. The smallest absolute Gasteiger partial charge is 0.170 e. The van der Waals surface area contributed by atoms with Gasteiger partial charge in [0.2, 0.25) is 0 Å². The molecule has 0 amide bonds. The highest BCUT2D eigenvalue weighted by Crippen LogP contribution is 2.29. The van der Waals surface area contributed by atoms with E-state index in [-0.39, 0.29) is 5.82 Å². The Hall–Kier alpha value is -2.20. The molecule has 4 heteroatoms. The van der Waals surface area contributed by atoms with Crippen LogP contribution in [0.3, 0.4) is 0 Å².